The molecule has 0 fully saturated rings. The third kappa shape index (κ3) is 2.62. The molecular formula is C12H19NO2S. The zero-order valence-electron chi connectivity index (χ0n) is 10.2. The summed E-state index contributed by atoms with van der Waals surface area (Å²) in [4.78, 5) is 0. The van der Waals surface area contributed by atoms with Gasteiger partial charge in [0.15, 0.2) is 9.84 Å². The molecule has 0 aliphatic rings. The van der Waals surface area contributed by atoms with Crippen LogP contribution in [0.3, 0.4) is 0 Å². The molecule has 4 heteroatoms. The minimum Gasteiger partial charge on any atom is -0.323 e. The van der Waals surface area contributed by atoms with Gasteiger partial charge in [-0.3, -0.25) is 0 Å². The van der Waals surface area contributed by atoms with E-state index in [9.17, 15) is 8.42 Å². The Morgan fingerprint density at radius 1 is 1.25 bits per heavy atom. The van der Waals surface area contributed by atoms with E-state index in [1.54, 1.807) is 6.92 Å². The van der Waals surface area contributed by atoms with Crippen LogP contribution >= 0.6 is 0 Å². The van der Waals surface area contributed by atoms with Crippen LogP contribution in [0.1, 0.15) is 29.7 Å². The van der Waals surface area contributed by atoms with Crippen LogP contribution in [0.25, 0.3) is 0 Å². The van der Waals surface area contributed by atoms with Gasteiger partial charge in [0.25, 0.3) is 0 Å². The van der Waals surface area contributed by atoms with Crippen molar-refractivity contribution in [1.29, 1.82) is 0 Å². The van der Waals surface area contributed by atoms with Gasteiger partial charge in [0.05, 0.1) is 5.25 Å². The SMILES string of the molecule is Cc1cccc(C(N)C(C)S(C)(=O)=O)c1C. The normalized spacial score (nSPS) is 15.8. The summed E-state index contributed by atoms with van der Waals surface area (Å²) in [6.07, 6.45) is 1.22. The van der Waals surface area contributed by atoms with E-state index < -0.39 is 21.1 Å². The van der Waals surface area contributed by atoms with E-state index in [2.05, 4.69) is 0 Å². The lowest BCUT2D eigenvalue weighted by Crippen LogP contribution is -2.31. The van der Waals surface area contributed by atoms with Crippen molar-refractivity contribution < 1.29 is 8.42 Å². The Hall–Kier alpha value is -0.870. The maximum Gasteiger partial charge on any atom is 0.151 e. The highest BCUT2D eigenvalue weighted by atomic mass is 32.2. The topological polar surface area (TPSA) is 60.2 Å². The van der Waals surface area contributed by atoms with Gasteiger partial charge in [-0.2, -0.15) is 0 Å². The monoisotopic (exact) mass is 241 g/mol. The summed E-state index contributed by atoms with van der Waals surface area (Å²) in [5, 5.41) is -0.562. The van der Waals surface area contributed by atoms with E-state index in [0.29, 0.717) is 0 Å². The van der Waals surface area contributed by atoms with Crippen molar-refractivity contribution in [3.8, 4) is 0 Å². The Balaban J connectivity index is 3.15. The molecule has 0 radical (unpaired) electrons. The molecule has 0 spiro atoms. The second-order valence-electron chi connectivity index (χ2n) is 4.35. The molecule has 3 nitrogen and oxygen atoms in total. The molecule has 1 aromatic rings. The Kier molecular flexibility index (Phi) is 3.76. The fourth-order valence-electron chi connectivity index (χ4n) is 1.65. The number of aryl methyl sites for hydroxylation is 1. The van der Waals surface area contributed by atoms with E-state index in [4.69, 9.17) is 5.73 Å². The van der Waals surface area contributed by atoms with Crippen LogP contribution < -0.4 is 5.73 Å². The average Bonchev–Trinajstić information content (AvgIpc) is 2.18. The first-order chi connectivity index (χ1) is 7.25. The van der Waals surface area contributed by atoms with Gasteiger partial charge >= 0.3 is 0 Å². The quantitative estimate of drug-likeness (QED) is 0.876. The summed E-state index contributed by atoms with van der Waals surface area (Å²) in [5.74, 6) is 0. The number of hydrogen-bond donors (Lipinski definition) is 1. The fourth-order valence-corrected chi connectivity index (χ4v) is 2.33. The van der Waals surface area contributed by atoms with E-state index in [1.165, 1.54) is 6.26 Å². The van der Waals surface area contributed by atoms with Crippen LogP contribution in [0.4, 0.5) is 0 Å². The summed E-state index contributed by atoms with van der Waals surface area (Å²) < 4.78 is 22.9. The zero-order chi connectivity index (χ0) is 12.5. The highest BCUT2D eigenvalue weighted by molar-refractivity contribution is 7.91. The standard InChI is InChI=1S/C12H19NO2S/c1-8-6-5-7-11(9(8)2)12(13)10(3)16(4,14)15/h5-7,10,12H,13H2,1-4H3. The Morgan fingerprint density at radius 2 is 1.81 bits per heavy atom. The van der Waals surface area contributed by atoms with E-state index >= 15 is 0 Å². The molecule has 90 valence electrons. The molecule has 0 saturated heterocycles. The van der Waals surface area contributed by atoms with Crippen LogP contribution in [-0.2, 0) is 9.84 Å². The number of nitrogens with two attached hydrogens (primary N) is 1. The van der Waals surface area contributed by atoms with Gasteiger partial charge in [-0.25, -0.2) is 8.42 Å². The Morgan fingerprint density at radius 3 is 2.31 bits per heavy atom. The van der Waals surface area contributed by atoms with Gasteiger partial charge in [-0.15, -0.1) is 0 Å². The first-order valence-corrected chi connectivity index (χ1v) is 7.21. The third-order valence-corrected chi connectivity index (χ3v) is 4.83. The highest BCUT2D eigenvalue weighted by Gasteiger charge is 2.25. The lowest BCUT2D eigenvalue weighted by molar-refractivity contribution is 0.570. The third-order valence-electron chi connectivity index (χ3n) is 3.19. The Labute approximate surface area is 97.6 Å². The predicted molar refractivity (Wildman–Crippen MR) is 67.2 cm³/mol. The highest BCUT2D eigenvalue weighted by Crippen LogP contribution is 2.24. The van der Waals surface area contributed by atoms with Crippen molar-refractivity contribution in [2.45, 2.75) is 32.1 Å². The molecule has 0 amide bonds. The van der Waals surface area contributed by atoms with Crippen molar-refractivity contribution in [1.82, 2.24) is 0 Å². The summed E-state index contributed by atoms with van der Waals surface area (Å²) in [5.41, 5.74) is 9.14. The van der Waals surface area contributed by atoms with E-state index in [0.717, 1.165) is 16.7 Å². The molecule has 0 aromatic heterocycles. The zero-order valence-corrected chi connectivity index (χ0v) is 11.0. The van der Waals surface area contributed by atoms with Crippen molar-refractivity contribution in [2.24, 2.45) is 5.73 Å². The number of hydrogen-bond acceptors (Lipinski definition) is 3. The molecule has 1 aromatic carbocycles. The van der Waals surface area contributed by atoms with Crippen molar-refractivity contribution in [3.63, 3.8) is 0 Å². The van der Waals surface area contributed by atoms with Gasteiger partial charge in [0.2, 0.25) is 0 Å². The molecule has 0 heterocycles. The molecule has 0 saturated carbocycles. The predicted octanol–water partition coefficient (Wildman–Crippen LogP) is 1.74. The molecule has 0 aliphatic heterocycles. The molecule has 2 N–H and O–H groups in total. The Bertz CT molecular complexity index is 480. The maximum atomic E-state index is 11.5. The van der Waals surface area contributed by atoms with E-state index in [1.807, 2.05) is 32.0 Å². The smallest absolute Gasteiger partial charge is 0.151 e. The maximum absolute atomic E-state index is 11.5. The van der Waals surface area contributed by atoms with Gasteiger partial charge in [0, 0.05) is 12.3 Å². The molecule has 16 heavy (non-hydrogen) atoms. The van der Waals surface area contributed by atoms with Crippen LogP contribution in [0.2, 0.25) is 0 Å². The number of sulfone groups is 1. The number of benzene rings is 1. The van der Waals surface area contributed by atoms with Gasteiger partial charge in [-0.05, 0) is 37.5 Å². The number of rotatable bonds is 3. The molecule has 2 atom stereocenters. The second-order valence-corrected chi connectivity index (χ2v) is 6.75. The largest absolute Gasteiger partial charge is 0.323 e. The first-order valence-electron chi connectivity index (χ1n) is 5.25. The minimum absolute atomic E-state index is 0.463. The summed E-state index contributed by atoms with van der Waals surface area (Å²) in [7, 11) is -3.10. The summed E-state index contributed by atoms with van der Waals surface area (Å²) >= 11 is 0. The fraction of sp³-hybridized carbons (Fsp3) is 0.500. The van der Waals surface area contributed by atoms with Crippen LogP contribution in [0.15, 0.2) is 18.2 Å². The van der Waals surface area contributed by atoms with Crippen LogP contribution in [-0.4, -0.2) is 19.9 Å². The van der Waals surface area contributed by atoms with Gasteiger partial charge in [-0.1, -0.05) is 18.2 Å². The molecule has 2 unspecified atom stereocenters. The average molecular weight is 241 g/mol. The summed E-state index contributed by atoms with van der Waals surface area (Å²) in [6, 6.07) is 5.34. The molecule has 0 aliphatic carbocycles. The van der Waals surface area contributed by atoms with Crippen molar-refractivity contribution in [2.75, 3.05) is 6.26 Å². The minimum atomic E-state index is -3.10. The van der Waals surface area contributed by atoms with Crippen LogP contribution in [0.5, 0.6) is 0 Å². The second kappa shape index (κ2) is 4.55. The van der Waals surface area contributed by atoms with Gasteiger partial charge < -0.3 is 5.73 Å². The van der Waals surface area contributed by atoms with Crippen molar-refractivity contribution >= 4 is 9.84 Å². The molecule has 0 bridgehead atoms. The first kappa shape index (κ1) is 13.2. The lowest BCUT2D eigenvalue weighted by atomic mass is 9.96. The van der Waals surface area contributed by atoms with Crippen molar-refractivity contribution in [3.05, 3.63) is 34.9 Å². The molecular weight excluding hydrogens is 222 g/mol. The summed E-state index contributed by atoms with van der Waals surface area (Å²) in [6.45, 7) is 5.62. The van der Waals surface area contributed by atoms with Crippen LogP contribution in [0, 0.1) is 13.8 Å². The van der Waals surface area contributed by atoms with Gasteiger partial charge in [0.1, 0.15) is 0 Å². The molecule has 1 rings (SSSR count). The lowest BCUT2D eigenvalue weighted by Gasteiger charge is -2.21. The van der Waals surface area contributed by atoms with E-state index in [-0.39, 0.29) is 0 Å².